The zero-order chi connectivity index (χ0) is 12.1. The van der Waals surface area contributed by atoms with Crippen LogP contribution in [0.25, 0.3) is 0 Å². The Morgan fingerprint density at radius 3 is 3.00 bits per heavy atom. The van der Waals surface area contributed by atoms with Crippen LogP contribution < -0.4 is 5.73 Å². The average molecular weight is 252 g/mol. The topological polar surface area (TPSA) is 87.1 Å². The van der Waals surface area contributed by atoms with E-state index in [0.717, 1.165) is 5.69 Å². The third-order valence-corrected chi connectivity index (χ3v) is 2.97. The Hall–Kier alpha value is -1.60. The van der Waals surface area contributed by atoms with Gasteiger partial charge in [-0.1, -0.05) is 16.9 Å². The van der Waals surface area contributed by atoms with Crippen molar-refractivity contribution in [1.29, 1.82) is 0 Å². The molecule has 7 heteroatoms. The van der Waals surface area contributed by atoms with E-state index in [9.17, 15) is 0 Å². The van der Waals surface area contributed by atoms with Gasteiger partial charge in [-0.05, 0) is 0 Å². The standard InChI is InChI=1S/C10H12N4O2S/c1-15-5-8-4-7(14-16-8)6-17-10-9(11)12-2-3-13-10/h2-4H,5-6H2,1H3,(H2,11,12). The highest BCUT2D eigenvalue weighted by Gasteiger charge is 2.07. The highest BCUT2D eigenvalue weighted by molar-refractivity contribution is 7.98. The maximum absolute atomic E-state index is 5.68. The second-order valence-corrected chi connectivity index (χ2v) is 4.22. The number of rotatable bonds is 5. The minimum absolute atomic E-state index is 0.422. The number of nitrogens with two attached hydrogens (primary N) is 1. The predicted octanol–water partition coefficient (Wildman–Crippen LogP) is 1.49. The van der Waals surface area contributed by atoms with Gasteiger partial charge >= 0.3 is 0 Å². The van der Waals surface area contributed by atoms with Crippen LogP contribution in [0.15, 0.2) is 28.0 Å². The number of methoxy groups -OCH3 is 1. The van der Waals surface area contributed by atoms with Crippen LogP contribution in [0.3, 0.4) is 0 Å². The Bertz CT molecular complexity index is 489. The summed E-state index contributed by atoms with van der Waals surface area (Å²) in [6.45, 7) is 0.422. The van der Waals surface area contributed by atoms with Crippen molar-refractivity contribution in [2.24, 2.45) is 0 Å². The van der Waals surface area contributed by atoms with Crippen LogP contribution in [-0.2, 0) is 17.1 Å². The van der Waals surface area contributed by atoms with E-state index in [-0.39, 0.29) is 0 Å². The Labute approximate surface area is 103 Å². The fourth-order valence-electron chi connectivity index (χ4n) is 1.22. The lowest BCUT2D eigenvalue weighted by molar-refractivity contribution is 0.156. The Morgan fingerprint density at radius 1 is 1.41 bits per heavy atom. The number of ether oxygens (including phenoxy) is 1. The summed E-state index contributed by atoms with van der Waals surface area (Å²) in [5.41, 5.74) is 6.51. The molecule has 0 saturated carbocycles. The quantitative estimate of drug-likeness (QED) is 0.806. The molecule has 0 aliphatic heterocycles. The summed E-state index contributed by atoms with van der Waals surface area (Å²) in [7, 11) is 1.61. The Morgan fingerprint density at radius 2 is 2.24 bits per heavy atom. The molecule has 0 aliphatic rings. The van der Waals surface area contributed by atoms with Crippen LogP contribution in [0, 0.1) is 0 Å². The normalized spacial score (nSPS) is 10.6. The molecule has 90 valence electrons. The molecule has 0 spiro atoms. The summed E-state index contributed by atoms with van der Waals surface area (Å²) < 4.78 is 10.0. The van der Waals surface area contributed by atoms with Crippen molar-refractivity contribution in [2.75, 3.05) is 12.8 Å². The van der Waals surface area contributed by atoms with E-state index in [4.69, 9.17) is 15.0 Å². The predicted molar refractivity (Wildman–Crippen MR) is 63.2 cm³/mol. The smallest absolute Gasteiger partial charge is 0.162 e. The van der Waals surface area contributed by atoms with Crippen molar-refractivity contribution in [3.63, 3.8) is 0 Å². The summed E-state index contributed by atoms with van der Waals surface area (Å²) in [6, 6.07) is 1.85. The molecule has 6 nitrogen and oxygen atoms in total. The third kappa shape index (κ3) is 3.18. The van der Waals surface area contributed by atoms with Crippen LogP contribution >= 0.6 is 11.8 Å². The van der Waals surface area contributed by atoms with Gasteiger partial charge in [0.25, 0.3) is 0 Å². The van der Waals surface area contributed by atoms with E-state index in [0.29, 0.717) is 29.0 Å². The van der Waals surface area contributed by atoms with Gasteiger partial charge in [-0.15, -0.1) is 0 Å². The first-order chi connectivity index (χ1) is 8.29. The van der Waals surface area contributed by atoms with E-state index in [2.05, 4.69) is 15.1 Å². The average Bonchev–Trinajstić information content (AvgIpc) is 2.76. The van der Waals surface area contributed by atoms with Crippen LogP contribution in [0.1, 0.15) is 11.5 Å². The lowest BCUT2D eigenvalue weighted by atomic mass is 10.4. The van der Waals surface area contributed by atoms with Crippen molar-refractivity contribution in [2.45, 2.75) is 17.4 Å². The highest BCUT2D eigenvalue weighted by atomic mass is 32.2. The second kappa shape index (κ2) is 5.65. The molecule has 17 heavy (non-hydrogen) atoms. The molecule has 0 aliphatic carbocycles. The summed E-state index contributed by atoms with van der Waals surface area (Å²) in [6.07, 6.45) is 3.17. The molecule has 0 aromatic carbocycles. The van der Waals surface area contributed by atoms with E-state index >= 15 is 0 Å². The van der Waals surface area contributed by atoms with Gasteiger partial charge in [0.05, 0.1) is 5.69 Å². The number of nitrogen functional groups attached to an aromatic ring is 1. The van der Waals surface area contributed by atoms with Crippen molar-refractivity contribution in [1.82, 2.24) is 15.1 Å². The first kappa shape index (κ1) is 11.9. The number of nitrogens with zero attached hydrogens (tertiary/aromatic N) is 3. The summed E-state index contributed by atoms with van der Waals surface area (Å²) in [5, 5.41) is 4.61. The highest BCUT2D eigenvalue weighted by Crippen LogP contribution is 2.23. The lowest BCUT2D eigenvalue weighted by Crippen LogP contribution is -1.94. The Kier molecular flexibility index (Phi) is 3.94. The van der Waals surface area contributed by atoms with Gasteiger partial charge in [-0.3, -0.25) is 0 Å². The summed E-state index contributed by atoms with van der Waals surface area (Å²) >= 11 is 1.47. The molecule has 0 atom stereocenters. The van der Waals surface area contributed by atoms with Crippen LogP contribution in [0.5, 0.6) is 0 Å². The van der Waals surface area contributed by atoms with Gasteiger partial charge in [-0.2, -0.15) is 0 Å². The van der Waals surface area contributed by atoms with E-state index in [1.807, 2.05) is 6.07 Å². The third-order valence-electron chi connectivity index (χ3n) is 1.94. The van der Waals surface area contributed by atoms with E-state index in [1.54, 1.807) is 19.5 Å². The molecular weight excluding hydrogens is 240 g/mol. The fraction of sp³-hybridized carbons (Fsp3) is 0.300. The van der Waals surface area contributed by atoms with Gasteiger partial charge in [0.2, 0.25) is 0 Å². The molecule has 0 radical (unpaired) electrons. The summed E-state index contributed by atoms with van der Waals surface area (Å²) in [4.78, 5) is 8.09. The SMILES string of the molecule is COCc1cc(CSc2nccnc2N)no1. The maximum atomic E-state index is 5.68. The molecule has 0 fully saturated rings. The van der Waals surface area contributed by atoms with Gasteiger partial charge < -0.3 is 15.0 Å². The second-order valence-electron chi connectivity index (χ2n) is 3.25. The summed E-state index contributed by atoms with van der Waals surface area (Å²) in [5.74, 6) is 1.77. The minimum Gasteiger partial charge on any atom is -0.381 e. The molecule has 2 heterocycles. The first-order valence-electron chi connectivity index (χ1n) is 4.92. The number of hydrogen-bond acceptors (Lipinski definition) is 7. The molecule has 2 N–H and O–H groups in total. The molecule has 2 rings (SSSR count). The molecule has 2 aromatic rings. The minimum atomic E-state index is 0.422. The number of thioether (sulfide) groups is 1. The number of hydrogen-bond donors (Lipinski definition) is 1. The van der Waals surface area contributed by atoms with Gasteiger partial charge in [0.15, 0.2) is 11.6 Å². The number of anilines is 1. The molecule has 0 saturated heterocycles. The van der Waals surface area contributed by atoms with Gasteiger partial charge in [0, 0.05) is 31.3 Å². The molecule has 0 bridgehead atoms. The number of aromatic nitrogens is 3. The van der Waals surface area contributed by atoms with Crippen molar-refractivity contribution >= 4 is 17.6 Å². The monoisotopic (exact) mass is 252 g/mol. The lowest BCUT2D eigenvalue weighted by Gasteiger charge is -1.99. The zero-order valence-electron chi connectivity index (χ0n) is 9.29. The van der Waals surface area contributed by atoms with Crippen LogP contribution in [0.2, 0.25) is 0 Å². The van der Waals surface area contributed by atoms with Crippen molar-refractivity contribution in [3.8, 4) is 0 Å². The molecule has 2 aromatic heterocycles. The van der Waals surface area contributed by atoms with Crippen LogP contribution in [0.4, 0.5) is 5.82 Å². The fourth-order valence-corrected chi connectivity index (χ4v) is 1.98. The molecule has 0 unspecified atom stereocenters. The first-order valence-corrected chi connectivity index (χ1v) is 5.91. The zero-order valence-corrected chi connectivity index (χ0v) is 10.1. The largest absolute Gasteiger partial charge is 0.381 e. The van der Waals surface area contributed by atoms with Crippen molar-refractivity contribution < 1.29 is 9.26 Å². The van der Waals surface area contributed by atoms with Crippen LogP contribution in [-0.4, -0.2) is 22.2 Å². The maximum Gasteiger partial charge on any atom is 0.162 e. The molecule has 0 amide bonds. The van der Waals surface area contributed by atoms with Crippen molar-refractivity contribution in [3.05, 3.63) is 29.9 Å². The Balaban J connectivity index is 1.95. The van der Waals surface area contributed by atoms with E-state index < -0.39 is 0 Å². The van der Waals surface area contributed by atoms with E-state index in [1.165, 1.54) is 11.8 Å². The van der Waals surface area contributed by atoms with Gasteiger partial charge in [0.1, 0.15) is 11.6 Å². The molecular formula is C10H12N4O2S. The van der Waals surface area contributed by atoms with Gasteiger partial charge in [-0.25, -0.2) is 9.97 Å².